The molecule has 0 aliphatic heterocycles. The van der Waals surface area contributed by atoms with Gasteiger partial charge in [-0.1, -0.05) is 13.0 Å². The Labute approximate surface area is 116 Å². The van der Waals surface area contributed by atoms with Crippen LogP contribution >= 0.6 is 15.9 Å². The highest BCUT2D eigenvalue weighted by Crippen LogP contribution is 2.26. The summed E-state index contributed by atoms with van der Waals surface area (Å²) in [6.45, 7) is 3.87. The van der Waals surface area contributed by atoms with E-state index in [1.54, 1.807) is 0 Å². The van der Waals surface area contributed by atoms with E-state index in [1.165, 1.54) is 12.7 Å². The number of ether oxygens (including phenoxy) is 2. The predicted octanol–water partition coefficient (Wildman–Crippen LogP) is 2.50. The molecule has 0 saturated carbocycles. The molecule has 4 nitrogen and oxygen atoms in total. The molecule has 0 aliphatic rings. The van der Waals surface area contributed by atoms with E-state index in [1.807, 2.05) is 18.2 Å². The first-order chi connectivity index (χ1) is 8.67. The average Bonchev–Trinajstić information content (AvgIpc) is 2.37. The van der Waals surface area contributed by atoms with Gasteiger partial charge >= 0.3 is 5.97 Å². The van der Waals surface area contributed by atoms with Gasteiger partial charge in [-0.05, 0) is 46.6 Å². The lowest BCUT2D eigenvalue weighted by atomic mass is 10.2. The van der Waals surface area contributed by atoms with Gasteiger partial charge in [0.15, 0.2) is 6.61 Å². The maximum Gasteiger partial charge on any atom is 0.343 e. The normalized spacial score (nSPS) is 10.2. The number of carbonyl (C=O) groups excluding carboxylic acids is 1. The highest BCUT2D eigenvalue weighted by Gasteiger charge is 2.06. The predicted molar refractivity (Wildman–Crippen MR) is 73.7 cm³/mol. The van der Waals surface area contributed by atoms with Crippen LogP contribution in [0.5, 0.6) is 5.75 Å². The second-order valence-corrected chi connectivity index (χ2v) is 4.66. The molecule has 1 aromatic rings. The van der Waals surface area contributed by atoms with Gasteiger partial charge in [0, 0.05) is 6.54 Å². The number of esters is 1. The van der Waals surface area contributed by atoms with Gasteiger partial charge in [0.2, 0.25) is 0 Å². The molecule has 5 heteroatoms. The molecule has 0 saturated heterocycles. The number of benzene rings is 1. The Kier molecular flexibility index (Phi) is 6.75. The van der Waals surface area contributed by atoms with E-state index in [-0.39, 0.29) is 6.61 Å². The first-order valence-electron chi connectivity index (χ1n) is 5.86. The lowest BCUT2D eigenvalue weighted by Crippen LogP contribution is -2.14. The molecule has 0 aliphatic carbocycles. The Bertz CT molecular complexity index is 396. The Balaban J connectivity index is 2.53. The molecular weight excluding hydrogens is 298 g/mol. The van der Waals surface area contributed by atoms with Crippen molar-refractivity contribution in [1.82, 2.24) is 5.32 Å². The highest BCUT2D eigenvalue weighted by molar-refractivity contribution is 9.10. The van der Waals surface area contributed by atoms with E-state index in [0.29, 0.717) is 5.75 Å². The summed E-state index contributed by atoms with van der Waals surface area (Å²) in [6, 6.07) is 5.80. The van der Waals surface area contributed by atoms with Crippen LogP contribution in [-0.2, 0) is 16.1 Å². The van der Waals surface area contributed by atoms with Crippen molar-refractivity contribution in [3.8, 4) is 5.75 Å². The quantitative estimate of drug-likeness (QED) is 0.620. The second-order valence-electron chi connectivity index (χ2n) is 3.81. The molecule has 0 radical (unpaired) electrons. The summed E-state index contributed by atoms with van der Waals surface area (Å²) in [4.78, 5) is 11.0. The van der Waals surface area contributed by atoms with Gasteiger partial charge in [0.25, 0.3) is 0 Å². The van der Waals surface area contributed by atoms with Crippen molar-refractivity contribution in [3.05, 3.63) is 28.2 Å². The van der Waals surface area contributed by atoms with Crippen LogP contribution in [0.2, 0.25) is 0 Å². The smallest absolute Gasteiger partial charge is 0.343 e. The SMILES string of the molecule is CCCNCc1ccc(OCC(=O)OC)c(Br)c1. The van der Waals surface area contributed by atoms with Gasteiger partial charge in [-0.25, -0.2) is 4.79 Å². The molecule has 1 aromatic carbocycles. The molecule has 100 valence electrons. The average molecular weight is 316 g/mol. The van der Waals surface area contributed by atoms with Crippen molar-refractivity contribution >= 4 is 21.9 Å². The highest BCUT2D eigenvalue weighted by atomic mass is 79.9. The second kappa shape index (κ2) is 8.11. The standard InChI is InChI=1S/C13H18BrNO3/c1-3-6-15-8-10-4-5-12(11(14)7-10)18-9-13(16)17-2/h4-5,7,15H,3,6,8-9H2,1-2H3. The minimum atomic E-state index is -0.393. The van der Waals surface area contributed by atoms with Crippen molar-refractivity contribution < 1.29 is 14.3 Å². The van der Waals surface area contributed by atoms with Crippen LogP contribution in [0.25, 0.3) is 0 Å². The fourth-order valence-electron chi connectivity index (χ4n) is 1.38. The molecular formula is C13H18BrNO3. The van der Waals surface area contributed by atoms with Gasteiger partial charge < -0.3 is 14.8 Å². The molecule has 0 fully saturated rings. The third-order valence-electron chi connectivity index (χ3n) is 2.33. The lowest BCUT2D eigenvalue weighted by Gasteiger charge is -2.09. The van der Waals surface area contributed by atoms with Gasteiger partial charge in [0.05, 0.1) is 11.6 Å². The van der Waals surface area contributed by atoms with Crippen LogP contribution in [-0.4, -0.2) is 26.2 Å². The van der Waals surface area contributed by atoms with E-state index in [0.717, 1.165) is 24.0 Å². The van der Waals surface area contributed by atoms with Gasteiger partial charge in [-0.3, -0.25) is 0 Å². The molecule has 0 bridgehead atoms. The van der Waals surface area contributed by atoms with Gasteiger partial charge in [-0.2, -0.15) is 0 Å². The summed E-state index contributed by atoms with van der Waals surface area (Å²) in [6.07, 6.45) is 1.11. The van der Waals surface area contributed by atoms with E-state index < -0.39 is 5.97 Å². The molecule has 0 heterocycles. The molecule has 1 rings (SSSR count). The zero-order valence-corrected chi connectivity index (χ0v) is 12.2. The molecule has 18 heavy (non-hydrogen) atoms. The summed E-state index contributed by atoms with van der Waals surface area (Å²) in [5.41, 5.74) is 1.17. The van der Waals surface area contributed by atoms with E-state index in [4.69, 9.17) is 4.74 Å². The number of halogens is 1. The largest absolute Gasteiger partial charge is 0.481 e. The summed E-state index contributed by atoms with van der Waals surface area (Å²) >= 11 is 3.42. The van der Waals surface area contributed by atoms with Crippen LogP contribution < -0.4 is 10.1 Å². The number of carbonyl (C=O) groups is 1. The van der Waals surface area contributed by atoms with Crippen molar-refractivity contribution in [2.75, 3.05) is 20.3 Å². The van der Waals surface area contributed by atoms with Crippen LogP contribution in [0, 0.1) is 0 Å². The minimum Gasteiger partial charge on any atom is -0.481 e. The van der Waals surface area contributed by atoms with Gasteiger partial charge in [0.1, 0.15) is 5.75 Å². The maximum atomic E-state index is 11.0. The zero-order valence-electron chi connectivity index (χ0n) is 10.7. The van der Waals surface area contributed by atoms with E-state index in [9.17, 15) is 4.79 Å². The molecule has 1 N–H and O–H groups in total. The van der Waals surface area contributed by atoms with Crippen molar-refractivity contribution in [2.45, 2.75) is 19.9 Å². The molecule has 0 amide bonds. The van der Waals surface area contributed by atoms with Crippen molar-refractivity contribution in [1.29, 1.82) is 0 Å². The minimum absolute atomic E-state index is 0.0808. The molecule has 0 atom stereocenters. The summed E-state index contributed by atoms with van der Waals surface area (Å²) in [5, 5.41) is 3.32. The van der Waals surface area contributed by atoms with Crippen LogP contribution in [0.15, 0.2) is 22.7 Å². The lowest BCUT2D eigenvalue weighted by molar-refractivity contribution is -0.142. The topological polar surface area (TPSA) is 47.6 Å². The summed E-state index contributed by atoms with van der Waals surface area (Å²) in [5.74, 6) is 0.246. The fraction of sp³-hybridized carbons (Fsp3) is 0.462. The number of methoxy groups -OCH3 is 1. The van der Waals surface area contributed by atoms with Crippen LogP contribution in [0.4, 0.5) is 0 Å². The molecule has 0 spiro atoms. The monoisotopic (exact) mass is 315 g/mol. The first kappa shape index (κ1) is 15.0. The van der Waals surface area contributed by atoms with E-state index in [2.05, 4.69) is 32.9 Å². The number of nitrogens with one attached hydrogen (secondary N) is 1. The van der Waals surface area contributed by atoms with Crippen molar-refractivity contribution in [3.63, 3.8) is 0 Å². The molecule has 0 aromatic heterocycles. The Morgan fingerprint density at radius 1 is 1.44 bits per heavy atom. The Morgan fingerprint density at radius 3 is 2.83 bits per heavy atom. The Hall–Kier alpha value is -1.07. The zero-order chi connectivity index (χ0) is 13.4. The summed E-state index contributed by atoms with van der Waals surface area (Å²) < 4.78 is 10.7. The number of hydrogen-bond donors (Lipinski definition) is 1. The maximum absolute atomic E-state index is 11.0. The van der Waals surface area contributed by atoms with Crippen molar-refractivity contribution in [2.24, 2.45) is 0 Å². The van der Waals surface area contributed by atoms with Crippen LogP contribution in [0.3, 0.4) is 0 Å². The number of rotatable bonds is 7. The summed E-state index contributed by atoms with van der Waals surface area (Å²) in [7, 11) is 1.34. The van der Waals surface area contributed by atoms with E-state index >= 15 is 0 Å². The third kappa shape index (κ3) is 5.06. The van der Waals surface area contributed by atoms with Crippen LogP contribution in [0.1, 0.15) is 18.9 Å². The fourth-order valence-corrected chi connectivity index (χ4v) is 1.92. The number of hydrogen-bond acceptors (Lipinski definition) is 4. The first-order valence-corrected chi connectivity index (χ1v) is 6.65. The third-order valence-corrected chi connectivity index (χ3v) is 2.95. The van der Waals surface area contributed by atoms with Gasteiger partial charge in [-0.15, -0.1) is 0 Å². The molecule has 0 unspecified atom stereocenters. The Morgan fingerprint density at radius 2 is 2.22 bits per heavy atom.